The highest BCUT2D eigenvalue weighted by molar-refractivity contribution is 5.89. The average molecular weight is 565 g/mol. The minimum atomic E-state index is -0.936. The molecule has 3 amide bonds. The van der Waals surface area contributed by atoms with E-state index in [-0.39, 0.29) is 30.2 Å². The zero-order valence-corrected chi connectivity index (χ0v) is 24.1. The second-order valence-electron chi connectivity index (χ2n) is 11.6. The number of allylic oxidation sites excluding steroid dienone is 2. The van der Waals surface area contributed by atoms with E-state index in [4.69, 9.17) is 11.5 Å². The van der Waals surface area contributed by atoms with Gasteiger partial charge >= 0.3 is 11.7 Å². The van der Waals surface area contributed by atoms with Crippen LogP contribution in [-0.2, 0) is 4.79 Å². The van der Waals surface area contributed by atoms with Crippen molar-refractivity contribution in [2.45, 2.75) is 57.9 Å². The topological polar surface area (TPSA) is 143 Å². The number of halogens is 1. The normalized spacial score (nSPS) is 21.2. The van der Waals surface area contributed by atoms with Crippen LogP contribution in [0.25, 0.3) is 5.70 Å². The summed E-state index contributed by atoms with van der Waals surface area (Å²) in [6.07, 6.45) is 10.3. The number of nitrogens with zero attached hydrogens (tertiary/aromatic N) is 5. The van der Waals surface area contributed by atoms with Gasteiger partial charge in [-0.15, -0.1) is 12.4 Å². The number of nitrogens with two attached hydrogens (primary N) is 2. The van der Waals surface area contributed by atoms with Gasteiger partial charge in [0.25, 0.3) is 0 Å². The van der Waals surface area contributed by atoms with Crippen molar-refractivity contribution in [2.75, 3.05) is 57.7 Å². The number of carbonyl (C=O) groups excluding carboxylic acids is 2. The molecule has 3 aliphatic rings. The fourth-order valence-corrected chi connectivity index (χ4v) is 5.72. The number of urea groups is 1. The van der Waals surface area contributed by atoms with Crippen molar-refractivity contribution in [3.8, 4) is 0 Å². The van der Waals surface area contributed by atoms with Gasteiger partial charge < -0.3 is 26.2 Å². The zero-order chi connectivity index (χ0) is 27.3. The Morgan fingerprint density at radius 3 is 2.28 bits per heavy atom. The number of amides is 3. The predicted molar refractivity (Wildman–Crippen MR) is 156 cm³/mol. The Kier molecular flexibility index (Phi) is 10.9. The number of piperidine rings is 1. The summed E-state index contributed by atoms with van der Waals surface area (Å²) in [7, 11) is 0. The minimum Gasteiger partial charge on any atom is -0.338 e. The maximum absolute atomic E-state index is 12.8. The Morgan fingerprint density at radius 1 is 1.05 bits per heavy atom. The molecule has 2 saturated heterocycles. The highest BCUT2D eigenvalue weighted by Gasteiger charge is 2.31. The van der Waals surface area contributed by atoms with Crippen LogP contribution in [0.2, 0.25) is 0 Å². The fraction of sp³-hybridized carbons (Fsp3) is 0.704. The molecule has 12 heteroatoms. The summed E-state index contributed by atoms with van der Waals surface area (Å²) in [6, 6.07) is 1.33. The quantitative estimate of drug-likeness (QED) is 0.458. The number of hydrogen-bond donors (Lipinski definition) is 3. The molecule has 1 aromatic rings. The lowest BCUT2D eigenvalue weighted by molar-refractivity contribution is -0.137. The number of anilines is 1. The second-order valence-corrected chi connectivity index (χ2v) is 11.6. The van der Waals surface area contributed by atoms with E-state index in [1.54, 1.807) is 40.5 Å². The summed E-state index contributed by atoms with van der Waals surface area (Å²) in [5.41, 5.74) is 11.3. The molecule has 1 unspecified atom stereocenters. The van der Waals surface area contributed by atoms with Crippen LogP contribution in [0.5, 0.6) is 0 Å². The lowest BCUT2D eigenvalue weighted by Gasteiger charge is -2.37. The van der Waals surface area contributed by atoms with E-state index in [0.717, 1.165) is 63.5 Å². The van der Waals surface area contributed by atoms with E-state index in [2.05, 4.69) is 21.3 Å². The number of likely N-dealkylation sites (tertiary alicyclic amines) is 1. The van der Waals surface area contributed by atoms with Crippen LogP contribution in [0.1, 0.15) is 52.4 Å². The molecule has 2 fully saturated rings. The lowest BCUT2D eigenvalue weighted by atomic mass is 9.89. The van der Waals surface area contributed by atoms with Crippen molar-refractivity contribution < 1.29 is 9.59 Å². The maximum Gasteiger partial charge on any atom is 0.353 e. The van der Waals surface area contributed by atoms with Crippen molar-refractivity contribution in [3.05, 3.63) is 28.8 Å². The molecule has 0 spiro atoms. The van der Waals surface area contributed by atoms with Crippen LogP contribution in [-0.4, -0.2) is 94.1 Å². The molecule has 0 saturated carbocycles. The number of hydrogen-bond acceptors (Lipinski definition) is 7. The van der Waals surface area contributed by atoms with Crippen LogP contribution < -0.4 is 22.5 Å². The van der Waals surface area contributed by atoms with Crippen molar-refractivity contribution in [3.63, 3.8) is 0 Å². The molecule has 11 nitrogen and oxygen atoms in total. The van der Waals surface area contributed by atoms with Crippen LogP contribution in [0.3, 0.4) is 0 Å². The third kappa shape index (κ3) is 8.26. The van der Waals surface area contributed by atoms with Gasteiger partial charge in [0.2, 0.25) is 5.91 Å². The second kappa shape index (κ2) is 13.7. The molecule has 2 aliphatic heterocycles. The van der Waals surface area contributed by atoms with Crippen LogP contribution in [0.15, 0.2) is 23.1 Å². The van der Waals surface area contributed by atoms with E-state index in [9.17, 15) is 14.4 Å². The van der Waals surface area contributed by atoms with Crippen LogP contribution in [0, 0.1) is 11.8 Å². The summed E-state index contributed by atoms with van der Waals surface area (Å²) in [5.74, 6) is 1.49. The minimum absolute atomic E-state index is 0. The molecule has 1 aromatic heterocycles. The monoisotopic (exact) mass is 564 g/mol. The summed E-state index contributed by atoms with van der Waals surface area (Å²) in [4.78, 5) is 47.8. The Bertz CT molecular complexity index is 1070. The molecular weight excluding hydrogens is 520 g/mol. The first-order valence-corrected chi connectivity index (χ1v) is 14.0. The van der Waals surface area contributed by atoms with Crippen LogP contribution >= 0.6 is 12.4 Å². The molecule has 218 valence electrons. The van der Waals surface area contributed by atoms with Gasteiger partial charge in [-0.1, -0.05) is 6.08 Å². The van der Waals surface area contributed by atoms with E-state index >= 15 is 0 Å². The molecule has 1 aliphatic carbocycles. The highest BCUT2D eigenvalue weighted by Crippen LogP contribution is 2.28. The van der Waals surface area contributed by atoms with Crippen molar-refractivity contribution >= 4 is 35.9 Å². The summed E-state index contributed by atoms with van der Waals surface area (Å²) in [5, 5.41) is 2.72. The van der Waals surface area contributed by atoms with E-state index in [0.29, 0.717) is 32.1 Å². The third-order valence-electron chi connectivity index (χ3n) is 8.05. The first-order chi connectivity index (χ1) is 18.1. The summed E-state index contributed by atoms with van der Waals surface area (Å²) >= 11 is 0. The smallest absolute Gasteiger partial charge is 0.338 e. The van der Waals surface area contributed by atoms with Gasteiger partial charge in [-0.25, -0.2) is 9.59 Å². The zero-order valence-electron chi connectivity index (χ0n) is 23.3. The van der Waals surface area contributed by atoms with E-state index in [1.807, 2.05) is 0 Å². The molecular formula is C27H45ClN8O3. The molecule has 1 atom stereocenters. The first-order valence-electron chi connectivity index (χ1n) is 14.0. The van der Waals surface area contributed by atoms with Gasteiger partial charge in [0, 0.05) is 44.6 Å². The SMILES string of the molecule is CC(C)(N)C(=O)N1CCN(C(=O)Nc2ccn(C3=CCC(CN4CCC(CCN)CC4)CC3)c(=O)n2)CC1.Cl. The van der Waals surface area contributed by atoms with Crippen LogP contribution in [0.4, 0.5) is 10.6 Å². The van der Waals surface area contributed by atoms with Crippen molar-refractivity contribution in [2.24, 2.45) is 23.3 Å². The Labute approximate surface area is 237 Å². The van der Waals surface area contributed by atoms with Gasteiger partial charge in [-0.2, -0.15) is 4.98 Å². The highest BCUT2D eigenvalue weighted by atomic mass is 35.5. The van der Waals surface area contributed by atoms with Gasteiger partial charge in [0.15, 0.2) is 0 Å². The number of rotatable bonds is 7. The van der Waals surface area contributed by atoms with E-state index in [1.165, 1.54) is 12.8 Å². The number of piperazine rings is 1. The predicted octanol–water partition coefficient (Wildman–Crippen LogP) is 1.78. The lowest BCUT2D eigenvalue weighted by Crippen LogP contribution is -2.58. The fourth-order valence-electron chi connectivity index (χ4n) is 5.72. The molecule has 39 heavy (non-hydrogen) atoms. The standard InChI is InChI=1S/C27H44N8O3.ClH/c1-27(2,29)24(36)33-15-17-34(18-16-33)25(37)30-23-10-14-35(26(38)31-23)22-5-3-21(4-6-22)19-32-12-8-20(7-11-28)9-13-32;/h5,10,14,20-21H,3-4,6-9,11-13,15-19,28-29H2,1-2H3,(H,30,31,37,38);1H. The molecule has 0 aromatic carbocycles. The Morgan fingerprint density at radius 2 is 1.72 bits per heavy atom. The van der Waals surface area contributed by atoms with Gasteiger partial charge in [-0.05, 0) is 89.9 Å². The number of nitrogens with one attached hydrogen (secondary N) is 1. The van der Waals surface area contributed by atoms with Gasteiger partial charge in [0.05, 0.1) is 5.54 Å². The van der Waals surface area contributed by atoms with Crippen molar-refractivity contribution in [1.82, 2.24) is 24.3 Å². The Hall–Kier alpha value is -2.47. The van der Waals surface area contributed by atoms with E-state index < -0.39 is 11.2 Å². The van der Waals surface area contributed by atoms with Gasteiger partial charge in [-0.3, -0.25) is 14.7 Å². The summed E-state index contributed by atoms with van der Waals surface area (Å²) in [6.45, 7) is 9.21. The Balaban J connectivity index is 0.00000420. The number of carbonyl (C=O) groups is 2. The molecule has 4 rings (SSSR count). The molecule has 0 radical (unpaired) electrons. The number of aromatic nitrogens is 2. The molecule has 0 bridgehead atoms. The third-order valence-corrected chi connectivity index (χ3v) is 8.05. The largest absolute Gasteiger partial charge is 0.353 e. The maximum atomic E-state index is 12.8. The van der Waals surface area contributed by atoms with Gasteiger partial charge in [0.1, 0.15) is 5.82 Å². The summed E-state index contributed by atoms with van der Waals surface area (Å²) < 4.78 is 1.59. The average Bonchev–Trinajstić information content (AvgIpc) is 2.90. The first kappa shape index (κ1) is 31.1. The molecule has 5 N–H and O–H groups in total. The molecule has 3 heterocycles. The van der Waals surface area contributed by atoms with Crippen molar-refractivity contribution in [1.29, 1.82) is 0 Å².